The van der Waals surface area contributed by atoms with Crippen LogP contribution < -0.4 is 4.74 Å². The van der Waals surface area contributed by atoms with Crippen LogP contribution in [0, 0.1) is 13.8 Å². The Kier molecular flexibility index (Phi) is 3.12. The maximum absolute atomic E-state index is 12.5. The van der Waals surface area contributed by atoms with Crippen LogP contribution in [0.1, 0.15) is 46.0 Å². The van der Waals surface area contributed by atoms with E-state index in [4.69, 9.17) is 4.74 Å². The minimum absolute atomic E-state index is 0.0917. The zero-order valence-corrected chi connectivity index (χ0v) is 12.4. The van der Waals surface area contributed by atoms with Crippen LogP contribution in [-0.4, -0.2) is 23.0 Å². The number of fused-ring (bicyclic) bond motifs is 3. The summed E-state index contributed by atoms with van der Waals surface area (Å²) in [6.07, 6.45) is 2.90. The van der Waals surface area contributed by atoms with E-state index in [1.165, 1.54) is 0 Å². The molecule has 21 heavy (non-hydrogen) atoms. The average molecular weight is 286 g/mol. The lowest BCUT2D eigenvalue weighted by atomic mass is 9.92. The van der Waals surface area contributed by atoms with Gasteiger partial charge in [-0.3, -0.25) is 4.79 Å². The Morgan fingerprint density at radius 3 is 2.67 bits per heavy atom. The third-order valence-corrected chi connectivity index (χ3v) is 4.48. The Bertz CT molecular complexity index is 697. The van der Waals surface area contributed by atoms with Crippen LogP contribution in [0.3, 0.4) is 0 Å². The van der Waals surface area contributed by atoms with E-state index in [-0.39, 0.29) is 5.78 Å². The molecule has 0 fully saturated rings. The van der Waals surface area contributed by atoms with Gasteiger partial charge in [0.2, 0.25) is 0 Å². The molecule has 1 aliphatic heterocycles. The first-order valence-corrected chi connectivity index (χ1v) is 7.23. The molecule has 1 N–H and O–H groups in total. The number of benzene rings is 1. The molecular formula is C17H18O4. The van der Waals surface area contributed by atoms with E-state index in [0.29, 0.717) is 18.6 Å². The quantitative estimate of drug-likeness (QED) is 0.849. The Morgan fingerprint density at radius 2 is 2.05 bits per heavy atom. The smallest absolute Gasteiger partial charge is 0.345 e. The highest BCUT2D eigenvalue weighted by atomic mass is 16.5. The number of aliphatic carboxylic acids is 1. The molecule has 1 heterocycles. The molecule has 0 saturated heterocycles. The fraction of sp³-hybridized carbons (Fsp3) is 0.412. The van der Waals surface area contributed by atoms with Gasteiger partial charge < -0.3 is 9.84 Å². The van der Waals surface area contributed by atoms with Gasteiger partial charge in [-0.15, -0.1) is 0 Å². The Morgan fingerprint density at radius 1 is 1.33 bits per heavy atom. The summed E-state index contributed by atoms with van der Waals surface area (Å²) in [5, 5.41) is 9.18. The van der Waals surface area contributed by atoms with Crippen molar-refractivity contribution in [1.82, 2.24) is 0 Å². The normalized spacial score (nSPS) is 21.4. The van der Waals surface area contributed by atoms with Crippen molar-refractivity contribution in [3.63, 3.8) is 0 Å². The molecule has 0 spiro atoms. The summed E-state index contributed by atoms with van der Waals surface area (Å²) in [6, 6.07) is 0. The molecule has 110 valence electrons. The number of ketones is 1. The predicted octanol–water partition coefficient (Wildman–Crippen LogP) is 2.77. The van der Waals surface area contributed by atoms with Crippen LogP contribution in [0.2, 0.25) is 0 Å². The second-order valence-corrected chi connectivity index (χ2v) is 5.70. The monoisotopic (exact) mass is 286 g/mol. The SMILES string of the molecule is CCC=C1Cc2c3c(c(C)c(C)c2C1=O)OC(C(=O)O)C3. The second kappa shape index (κ2) is 4.72. The highest BCUT2D eigenvalue weighted by Crippen LogP contribution is 2.43. The summed E-state index contributed by atoms with van der Waals surface area (Å²) in [4.78, 5) is 23.7. The molecule has 4 heteroatoms. The minimum Gasteiger partial charge on any atom is -0.478 e. The van der Waals surface area contributed by atoms with E-state index < -0.39 is 12.1 Å². The van der Waals surface area contributed by atoms with Gasteiger partial charge in [0.1, 0.15) is 5.75 Å². The van der Waals surface area contributed by atoms with Gasteiger partial charge in [0.15, 0.2) is 11.9 Å². The number of allylic oxidation sites excluding steroid dienone is 2. The Balaban J connectivity index is 2.18. The number of Topliss-reactive ketones (excluding diaryl/α,β-unsaturated/α-hetero) is 1. The number of rotatable bonds is 2. The molecule has 0 amide bonds. The lowest BCUT2D eigenvalue weighted by molar-refractivity contribution is -0.144. The summed E-state index contributed by atoms with van der Waals surface area (Å²) in [5.74, 6) is -0.191. The minimum atomic E-state index is -0.953. The lowest BCUT2D eigenvalue weighted by Crippen LogP contribution is -2.24. The first kappa shape index (κ1) is 13.9. The fourth-order valence-electron chi connectivity index (χ4n) is 3.33. The number of hydrogen-bond donors (Lipinski definition) is 1. The van der Waals surface area contributed by atoms with Gasteiger partial charge in [0.25, 0.3) is 0 Å². The van der Waals surface area contributed by atoms with E-state index in [2.05, 4.69) is 0 Å². The van der Waals surface area contributed by atoms with Crippen LogP contribution in [0.4, 0.5) is 0 Å². The highest BCUT2D eigenvalue weighted by Gasteiger charge is 2.38. The van der Waals surface area contributed by atoms with E-state index in [9.17, 15) is 14.7 Å². The molecular weight excluding hydrogens is 268 g/mol. The predicted molar refractivity (Wildman–Crippen MR) is 78.1 cm³/mol. The summed E-state index contributed by atoms with van der Waals surface area (Å²) in [7, 11) is 0. The van der Waals surface area contributed by atoms with E-state index in [0.717, 1.165) is 39.8 Å². The molecule has 0 bridgehead atoms. The number of carbonyl (C=O) groups is 2. The fourth-order valence-corrected chi connectivity index (χ4v) is 3.33. The topological polar surface area (TPSA) is 63.6 Å². The van der Waals surface area contributed by atoms with Gasteiger partial charge in [0.05, 0.1) is 0 Å². The Labute approximate surface area is 123 Å². The molecule has 0 aromatic heterocycles. The summed E-state index contributed by atoms with van der Waals surface area (Å²) < 4.78 is 5.61. The van der Waals surface area contributed by atoms with Gasteiger partial charge in [-0.1, -0.05) is 13.0 Å². The molecule has 3 rings (SSSR count). The summed E-state index contributed by atoms with van der Waals surface area (Å²) in [5.41, 5.74) is 5.27. The molecule has 1 aromatic carbocycles. The van der Waals surface area contributed by atoms with Gasteiger partial charge in [0, 0.05) is 29.5 Å². The number of carboxylic acids is 1. The summed E-state index contributed by atoms with van der Waals surface area (Å²) in [6.45, 7) is 5.82. The zero-order chi connectivity index (χ0) is 15.3. The van der Waals surface area contributed by atoms with Crippen LogP contribution in [0.25, 0.3) is 0 Å². The molecule has 0 radical (unpaired) electrons. The van der Waals surface area contributed by atoms with Gasteiger partial charge >= 0.3 is 5.97 Å². The first-order valence-electron chi connectivity index (χ1n) is 7.23. The van der Waals surface area contributed by atoms with Crippen LogP contribution in [0.15, 0.2) is 11.6 Å². The van der Waals surface area contributed by atoms with Crippen molar-refractivity contribution in [2.75, 3.05) is 0 Å². The molecule has 2 aliphatic rings. The zero-order valence-electron chi connectivity index (χ0n) is 12.4. The number of carboxylic acid groups (broad SMARTS) is 1. The molecule has 1 aromatic rings. The maximum atomic E-state index is 12.5. The third kappa shape index (κ3) is 1.89. The number of carbonyl (C=O) groups excluding carboxylic acids is 1. The highest BCUT2D eigenvalue weighted by molar-refractivity contribution is 6.14. The van der Waals surface area contributed by atoms with Crippen molar-refractivity contribution in [2.24, 2.45) is 0 Å². The van der Waals surface area contributed by atoms with Crippen LogP contribution >= 0.6 is 0 Å². The van der Waals surface area contributed by atoms with E-state index >= 15 is 0 Å². The molecule has 1 unspecified atom stereocenters. The van der Waals surface area contributed by atoms with Gasteiger partial charge in [-0.25, -0.2) is 4.79 Å². The van der Waals surface area contributed by atoms with E-state index in [1.807, 2.05) is 26.8 Å². The largest absolute Gasteiger partial charge is 0.478 e. The number of hydrogen-bond acceptors (Lipinski definition) is 3. The van der Waals surface area contributed by atoms with Crippen molar-refractivity contribution in [3.8, 4) is 5.75 Å². The average Bonchev–Trinajstić information content (AvgIpc) is 3.00. The number of ether oxygens (including phenoxy) is 1. The third-order valence-electron chi connectivity index (χ3n) is 4.48. The van der Waals surface area contributed by atoms with Gasteiger partial charge in [-0.2, -0.15) is 0 Å². The second-order valence-electron chi connectivity index (χ2n) is 5.70. The van der Waals surface area contributed by atoms with Gasteiger partial charge in [-0.05, 0) is 37.0 Å². The van der Waals surface area contributed by atoms with Crippen molar-refractivity contribution in [1.29, 1.82) is 0 Å². The maximum Gasteiger partial charge on any atom is 0.345 e. The van der Waals surface area contributed by atoms with Crippen molar-refractivity contribution < 1.29 is 19.4 Å². The van der Waals surface area contributed by atoms with E-state index in [1.54, 1.807) is 0 Å². The molecule has 1 atom stereocenters. The Hall–Kier alpha value is -2.10. The molecule has 1 aliphatic carbocycles. The van der Waals surface area contributed by atoms with Crippen molar-refractivity contribution in [3.05, 3.63) is 39.5 Å². The first-order chi connectivity index (χ1) is 9.95. The van der Waals surface area contributed by atoms with Crippen molar-refractivity contribution >= 4 is 11.8 Å². The van der Waals surface area contributed by atoms with Crippen LogP contribution in [0.5, 0.6) is 5.75 Å². The lowest BCUT2D eigenvalue weighted by Gasteiger charge is -2.12. The van der Waals surface area contributed by atoms with Crippen molar-refractivity contribution in [2.45, 2.75) is 46.1 Å². The van der Waals surface area contributed by atoms with Crippen LogP contribution in [-0.2, 0) is 17.6 Å². The molecule has 0 saturated carbocycles. The standard InChI is InChI=1S/C17H18O4/c1-4-5-10-6-11-12-7-13(17(19)20)21-16(12)9(3)8(2)14(11)15(10)18/h5,13H,4,6-7H2,1-3H3,(H,19,20). The molecule has 4 nitrogen and oxygen atoms in total. The summed E-state index contributed by atoms with van der Waals surface area (Å²) >= 11 is 0.